The lowest BCUT2D eigenvalue weighted by Crippen LogP contribution is -2.44. The average molecular weight is 443 g/mol. The zero-order valence-electron chi connectivity index (χ0n) is 16.8. The fourth-order valence-electron chi connectivity index (χ4n) is 3.38. The molecular formula is C22H20F3N5O2. The van der Waals surface area contributed by atoms with Gasteiger partial charge < -0.3 is 20.1 Å². The number of benzene rings is 2. The van der Waals surface area contributed by atoms with Gasteiger partial charge in [-0.25, -0.2) is 4.79 Å². The molecule has 2 aromatic heterocycles. The molecule has 0 bridgehead atoms. The average Bonchev–Trinajstić information content (AvgIpc) is 3.39. The van der Waals surface area contributed by atoms with Crippen LogP contribution in [0.3, 0.4) is 0 Å². The summed E-state index contributed by atoms with van der Waals surface area (Å²) < 4.78 is 46.1. The number of aromatic nitrogens is 3. The summed E-state index contributed by atoms with van der Waals surface area (Å²) in [5.41, 5.74) is 1.53. The number of amides is 2. The Morgan fingerprint density at radius 3 is 2.62 bits per heavy atom. The van der Waals surface area contributed by atoms with Gasteiger partial charge in [0.1, 0.15) is 0 Å². The third-order valence-electron chi connectivity index (χ3n) is 4.87. The fraction of sp³-hybridized carbons (Fsp3) is 0.227. The van der Waals surface area contributed by atoms with E-state index in [2.05, 4.69) is 20.4 Å². The molecule has 10 heteroatoms. The number of alkyl halides is 3. The molecule has 2 aromatic carbocycles. The second-order valence-corrected chi connectivity index (χ2v) is 7.18. The Labute approximate surface area is 181 Å². The minimum atomic E-state index is -4.67. The molecule has 0 radical (unpaired) electrons. The van der Waals surface area contributed by atoms with Gasteiger partial charge in [0.2, 0.25) is 5.89 Å². The van der Waals surface area contributed by atoms with Gasteiger partial charge >= 0.3 is 12.2 Å². The highest BCUT2D eigenvalue weighted by Crippen LogP contribution is 2.36. The third-order valence-corrected chi connectivity index (χ3v) is 4.87. The lowest BCUT2D eigenvalue weighted by molar-refractivity contribution is -0.154. The maximum absolute atomic E-state index is 13.7. The minimum absolute atomic E-state index is 0.0390. The SMILES string of the molecule is O=C(NCCc1nc(Cc2ccccc2)no1)NC(c1c[nH]c2ccccc12)C(F)(F)F. The van der Waals surface area contributed by atoms with E-state index in [4.69, 9.17) is 4.52 Å². The number of para-hydroxylation sites is 1. The molecule has 166 valence electrons. The van der Waals surface area contributed by atoms with Crippen LogP contribution in [0.15, 0.2) is 65.3 Å². The number of hydrogen-bond donors (Lipinski definition) is 3. The van der Waals surface area contributed by atoms with Crippen molar-refractivity contribution in [2.45, 2.75) is 25.1 Å². The predicted octanol–water partition coefficient (Wildman–Crippen LogP) is 4.29. The summed E-state index contributed by atoms with van der Waals surface area (Å²) in [5, 5.41) is 8.71. The number of fused-ring (bicyclic) bond motifs is 1. The highest BCUT2D eigenvalue weighted by Gasteiger charge is 2.43. The maximum Gasteiger partial charge on any atom is 0.413 e. The molecular weight excluding hydrogens is 423 g/mol. The second kappa shape index (κ2) is 9.13. The Bertz CT molecular complexity index is 1190. The van der Waals surface area contributed by atoms with Crippen molar-refractivity contribution in [3.05, 3.63) is 83.6 Å². The van der Waals surface area contributed by atoms with Crippen LogP contribution >= 0.6 is 0 Å². The highest BCUT2D eigenvalue weighted by atomic mass is 19.4. The van der Waals surface area contributed by atoms with Crippen molar-refractivity contribution < 1.29 is 22.5 Å². The van der Waals surface area contributed by atoms with Crippen LogP contribution < -0.4 is 10.6 Å². The van der Waals surface area contributed by atoms with Crippen LogP contribution in [0, 0.1) is 0 Å². The number of H-pyrrole nitrogens is 1. The van der Waals surface area contributed by atoms with Crippen molar-refractivity contribution in [3.8, 4) is 0 Å². The van der Waals surface area contributed by atoms with E-state index in [0.29, 0.717) is 29.0 Å². The van der Waals surface area contributed by atoms with Gasteiger partial charge in [0.25, 0.3) is 0 Å². The molecule has 1 unspecified atom stereocenters. The van der Waals surface area contributed by atoms with Gasteiger partial charge in [-0.2, -0.15) is 18.2 Å². The van der Waals surface area contributed by atoms with E-state index in [1.807, 2.05) is 35.6 Å². The third kappa shape index (κ3) is 5.08. The summed E-state index contributed by atoms with van der Waals surface area (Å²) in [6.45, 7) is 0.0390. The topological polar surface area (TPSA) is 95.8 Å². The molecule has 4 aromatic rings. The van der Waals surface area contributed by atoms with Crippen LogP contribution in [0.5, 0.6) is 0 Å². The number of rotatable bonds is 7. The van der Waals surface area contributed by atoms with Gasteiger partial charge in [-0.05, 0) is 11.6 Å². The van der Waals surface area contributed by atoms with Crippen LogP contribution in [-0.4, -0.2) is 33.9 Å². The number of nitrogens with one attached hydrogen (secondary N) is 3. The van der Waals surface area contributed by atoms with Gasteiger partial charge in [0.15, 0.2) is 11.9 Å². The van der Waals surface area contributed by atoms with Crippen LogP contribution in [0.1, 0.15) is 28.9 Å². The zero-order valence-corrected chi connectivity index (χ0v) is 16.8. The first-order valence-electron chi connectivity index (χ1n) is 9.92. The largest absolute Gasteiger partial charge is 0.413 e. The van der Waals surface area contributed by atoms with Gasteiger partial charge in [0.05, 0.1) is 0 Å². The minimum Gasteiger partial charge on any atom is -0.361 e. The van der Waals surface area contributed by atoms with E-state index in [1.165, 1.54) is 6.20 Å². The lowest BCUT2D eigenvalue weighted by atomic mass is 10.1. The fourth-order valence-corrected chi connectivity index (χ4v) is 3.38. The smallest absolute Gasteiger partial charge is 0.361 e. The van der Waals surface area contributed by atoms with E-state index < -0.39 is 18.2 Å². The summed E-state index contributed by atoms with van der Waals surface area (Å²) in [5.74, 6) is 0.785. The monoisotopic (exact) mass is 443 g/mol. The lowest BCUT2D eigenvalue weighted by Gasteiger charge is -2.21. The first-order valence-corrected chi connectivity index (χ1v) is 9.92. The first-order chi connectivity index (χ1) is 15.4. The number of nitrogens with zero attached hydrogens (tertiary/aromatic N) is 2. The van der Waals surface area contributed by atoms with Crippen molar-refractivity contribution in [2.75, 3.05) is 6.54 Å². The van der Waals surface area contributed by atoms with Crippen molar-refractivity contribution in [1.29, 1.82) is 0 Å². The standard InChI is InChI=1S/C22H20F3N5O2/c23-22(24,25)20(16-13-27-17-9-5-4-8-15(16)17)29-21(31)26-11-10-19-28-18(30-32-19)12-14-6-2-1-3-7-14/h1-9,13,20,27H,10-12H2,(H2,26,29,31). The molecule has 0 aliphatic rings. The van der Waals surface area contributed by atoms with Gasteiger partial charge in [-0.15, -0.1) is 0 Å². The predicted molar refractivity (Wildman–Crippen MR) is 111 cm³/mol. The number of carbonyl (C=O) groups excluding carboxylic acids is 1. The molecule has 2 heterocycles. The molecule has 1 atom stereocenters. The Morgan fingerprint density at radius 2 is 1.84 bits per heavy atom. The van der Waals surface area contributed by atoms with Crippen molar-refractivity contribution in [1.82, 2.24) is 25.8 Å². The summed E-state index contributed by atoms with van der Waals surface area (Å²) >= 11 is 0. The molecule has 32 heavy (non-hydrogen) atoms. The Kier molecular flexibility index (Phi) is 6.11. The molecule has 0 aliphatic heterocycles. The van der Waals surface area contributed by atoms with E-state index >= 15 is 0 Å². The number of halogens is 3. The molecule has 0 spiro atoms. The summed E-state index contributed by atoms with van der Waals surface area (Å²) in [6.07, 6.45) is -2.72. The van der Waals surface area contributed by atoms with Crippen LogP contribution in [0.4, 0.5) is 18.0 Å². The quantitative estimate of drug-likeness (QED) is 0.397. The molecule has 0 fully saturated rings. The molecule has 0 saturated heterocycles. The van der Waals surface area contributed by atoms with E-state index in [0.717, 1.165) is 5.56 Å². The molecule has 4 rings (SSSR count). The summed E-state index contributed by atoms with van der Waals surface area (Å²) in [4.78, 5) is 19.2. The molecule has 2 amide bonds. The Balaban J connectivity index is 1.33. The molecule has 3 N–H and O–H groups in total. The van der Waals surface area contributed by atoms with E-state index in [1.54, 1.807) is 24.3 Å². The number of hydrogen-bond acceptors (Lipinski definition) is 4. The number of carbonyl (C=O) groups is 1. The highest BCUT2D eigenvalue weighted by molar-refractivity contribution is 5.84. The number of aromatic amines is 1. The van der Waals surface area contributed by atoms with Crippen LogP contribution in [0.25, 0.3) is 10.9 Å². The molecule has 7 nitrogen and oxygen atoms in total. The first kappa shape index (κ1) is 21.4. The van der Waals surface area contributed by atoms with Gasteiger partial charge in [0, 0.05) is 42.0 Å². The van der Waals surface area contributed by atoms with Crippen LogP contribution in [0.2, 0.25) is 0 Å². The van der Waals surface area contributed by atoms with Gasteiger partial charge in [-0.1, -0.05) is 53.7 Å². The van der Waals surface area contributed by atoms with Crippen LogP contribution in [-0.2, 0) is 12.8 Å². The van der Waals surface area contributed by atoms with Crippen molar-refractivity contribution in [2.24, 2.45) is 0 Å². The Hall–Kier alpha value is -3.82. The molecule has 0 aliphatic carbocycles. The Morgan fingerprint density at radius 1 is 1.09 bits per heavy atom. The summed E-state index contributed by atoms with van der Waals surface area (Å²) in [6, 6.07) is 13.1. The number of urea groups is 1. The van der Waals surface area contributed by atoms with Crippen molar-refractivity contribution >= 4 is 16.9 Å². The van der Waals surface area contributed by atoms with E-state index in [-0.39, 0.29) is 18.5 Å². The molecule has 0 saturated carbocycles. The maximum atomic E-state index is 13.7. The van der Waals surface area contributed by atoms with Crippen molar-refractivity contribution in [3.63, 3.8) is 0 Å². The normalized spacial score (nSPS) is 12.6. The second-order valence-electron chi connectivity index (χ2n) is 7.18. The van der Waals surface area contributed by atoms with Gasteiger partial charge in [-0.3, -0.25) is 0 Å². The van der Waals surface area contributed by atoms with E-state index in [9.17, 15) is 18.0 Å². The zero-order chi connectivity index (χ0) is 22.6. The summed E-state index contributed by atoms with van der Waals surface area (Å²) in [7, 11) is 0.